The Morgan fingerprint density at radius 2 is 1.95 bits per heavy atom. The topological polar surface area (TPSA) is 72.6 Å². The first-order valence-corrected chi connectivity index (χ1v) is 6.63. The fourth-order valence-corrected chi connectivity index (χ4v) is 2.54. The molecule has 2 atom stereocenters. The summed E-state index contributed by atoms with van der Waals surface area (Å²) in [5.41, 5.74) is 5.63. The maximum Gasteiger partial charge on any atom is 0.262 e. The fraction of sp³-hybridized carbons (Fsp3) is 0.333. The largest absolute Gasteiger partial charge is 0.355 e. The van der Waals surface area contributed by atoms with Crippen molar-refractivity contribution in [2.75, 3.05) is 11.4 Å². The molecule has 2 saturated heterocycles. The van der Waals surface area contributed by atoms with Crippen molar-refractivity contribution in [3.05, 3.63) is 29.6 Å². The lowest BCUT2D eigenvalue weighted by molar-refractivity contribution is -0.146. The van der Waals surface area contributed by atoms with Gasteiger partial charge in [0, 0.05) is 0 Å². The van der Waals surface area contributed by atoms with Crippen LogP contribution in [0, 0.1) is 17.7 Å². The molecule has 2 aliphatic heterocycles. The molecule has 2 aliphatic rings. The predicted molar refractivity (Wildman–Crippen MR) is 72.7 cm³/mol. The number of morpholine rings is 1. The summed E-state index contributed by atoms with van der Waals surface area (Å²) in [6.07, 6.45) is -0.164. The zero-order valence-electron chi connectivity index (χ0n) is 11.1. The van der Waals surface area contributed by atoms with E-state index in [9.17, 15) is 14.0 Å². The molecule has 2 heterocycles. The molecule has 2 bridgehead atoms. The van der Waals surface area contributed by atoms with Gasteiger partial charge >= 0.3 is 0 Å². The Balaban J connectivity index is 1.95. The second-order valence-corrected chi connectivity index (χ2v) is 4.87. The van der Waals surface area contributed by atoms with E-state index in [1.807, 2.05) is 0 Å². The molecule has 2 unspecified atom stereocenters. The van der Waals surface area contributed by atoms with Crippen molar-refractivity contribution in [1.82, 2.24) is 0 Å². The average Bonchev–Trinajstić information content (AvgIpc) is 2.92. The average molecular weight is 288 g/mol. The van der Waals surface area contributed by atoms with E-state index in [0.717, 1.165) is 11.0 Å². The third-order valence-electron chi connectivity index (χ3n) is 3.55. The molecule has 2 fully saturated rings. The highest BCUT2D eigenvalue weighted by atomic mass is 19.1. The molecule has 5 nitrogen and oxygen atoms in total. The van der Waals surface area contributed by atoms with Crippen LogP contribution in [0.5, 0.6) is 0 Å². The van der Waals surface area contributed by atoms with Gasteiger partial charge in [0.1, 0.15) is 18.0 Å². The fourth-order valence-electron chi connectivity index (χ4n) is 2.54. The number of carbonyl (C=O) groups is 2. The van der Waals surface area contributed by atoms with Gasteiger partial charge in [-0.3, -0.25) is 9.59 Å². The summed E-state index contributed by atoms with van der Waals surface area (Å²) >= 11 is 0. The van der Waals surface area contributed by atoms with E-state index < -0.39 is 29.8 Å². The third-order valence-corrected chi connectivity index (χ3v) is 3.55. The van der Waals surface area contributed by atoms with E-state index in [0.29, 0.717) is 12.8 Å². The van der Waals surface area contributed by atoms with Gasteiger partial charge in [0.15, 0.2) is 0 Å². The van der Waals surface area contributed by atoms with E-state index >= 15 is 0 Å². The van der Waals surface area contributed by atoms with Crippen molar-refractivity contribution < 1.29 is 18.7 Å². The monoisotopic (exact) mass is 288 g/mol. The highest BCUT2D eigenvalue weighted by Crippen LogP contribution is 2.32. The minimum Gasteiger partial charge on any atom is -0.355 e. The van der Waals surface area contributed by atoms with Gasteiger partial charge < -0.3 is 10.5 Å². The van der Waals surface area contributed by atoms with Gasteiger partial charge in [-0.2, -0.15) is 0 Å². The van der Waals surface area contributed by atoms with Crippen LogP contribution in [0.1, 0.15) is 18.4 Å². The Hall–Kier alpha value is -2.23. The van der Waals surface area contributed by atoms with Gasteiger partial charge in [-0.25, -0.2) is 9.29 Å². The van der Waals surface area contributed by atoms with Crippen LogP contribution in [0.25, 0.3) is 0 Å². The molecule has 21 heavy (non-hydrogen) atoms. The molecule has 0 radical (unpaired) electrons. The molecule has 1 aromatic rings. The van der Waals surface area contributed by atoms with Crippen molar-refractivity contribution in [3.63, 3.8) is 0 Å². The minimum absolute atomic E-state index is 0.130. The zero-order valence-corrected chi connectivity index (χ0v) is 11.1. The lowest BCUT2D eigenvalue weighted by atomic mass is 10.1. The van der Waals surface area contributed by atoms with Crippen molar-refractivity contribution >= 4 is 17.5 Å². The molecule has 1 aromatic carbocycles. The van der Waals surface area contributed by atoms with Crippen LogP contribution < -0.4 is 10.6 Å². The first-order valence-electron chi connectivity index (χ1n) is 6.63. The van der Waals surface area contributed by atoms with Crippen molar-refractivity contribution in [2.45, 2.75) is 25.0 Å². The van der Waals surface area contributed by atoms with Gasteiger partial charge in [0.25, 0.3) is 11.8 Å². The number of nitrogens with two attached hydrogens (primary N) is 1. The minimum atomic E-state index is -0.604. The number of hydrogen-bond donors (Lipinski definition) is 1. The summed E-state index contributed by atoms with van der Waals surface area (Å²) in [6.45, 7) is 0.130. The van der Waals surface area contributed by atoms with Crippen molar-refractivity contribution in [1.29, 1.82) is 0 Å². The van der Waals surface area contributed by atoms with E-state index in [4.69, 9.17) is 10.5 Å². The Bertz CT molecular complexity index is 655. The molecular weight excluding hydrogens is 275 g/mol. The predicted octanol–water partition coefficient (Wildman–Crippen LogP) is 0.557. The van der Waals surface area contributed by atoms with Gasteiger partial charge in [0.05, 0.1) is 17.8 Å². The van der Waals surface area contributed by atoms with E-state index in [1.165, 1.54) is 12.1 Å². The summed E-state index contributed by atoms with van der Waals surface area (Å²) in [6, 6.07) is 4.08. The Labute approximate surface area is 120 Å². The summed E-state index contributed by atoms with van der Waals surface area (Å²) in [5, 5.41) is 0. The number of ether oxygens (including phenoxy) is 1. The Morgan fingerprint density at radius 3 is 2.52 bits per heavy atom. The molecule has 3 rings (SSSR count). The summed E-state index contributed by atoms with van der Waals surface area (Å²) in [5.74, 6) is 3.69. The number of imide groups is 1. The van der Waals surface area contributed by atoms with Crippen LogP contribution in [0.4, 0.5) is 10.1 Å². The van der Waals surface area contributed by atoms with Crippen LogP contribution in [-0.4, -0.2) is 30.6 Å². The van der Waals surface area contributed by atoms with Crippen LogP contribution in [0.15, 0.2) is 18.2 Å². The first kappa shape index (κ1) is 13.7. The van der Waals surface area contributed by atoms with Gasteiger partial charge in [-0.05, 0) is 31.0 Å². The zero-order chi connectivity index (χ0) is 15.0. The SMILES string of the molecule is NCC#Cc1ccc(N2C(=O)C3CCC(O3)C2=O)cc1F. The van der Waals surface area contributed by atoms with Crippen molar-refractivity contribution in [3.8, 4) is 11.8 Å². The van der Waals surface area contributed by atoms with Gasteiger partial charge in [0.2, 0.25) is 0 Å². The molecular formula is C15H13FN2O3. The van der Waals surface area contributed by atoms with E-state index in [1.54, 1.807) is 0 Å². The number of rotatable bonds is 1. The lowest BCUT2D eigenvalue weighted by Crippen LogP contribution is -2.52. The molecule has 0 aromatic heterocycles. The van der Waals surface area contributed by atoms with E-state index in [-0.39, 0.29) is 17.8 Å². The number of fused-ring (bicyclic) bond motifs is 2. The van der Waals surface area contributed by atoms with Gasteiger partial charge in [-0.1, -0.05) is 11.8 Å². The molecule has 0 spiro atoms. The molecule has 108 valence electrons. The molecule has 0 aliphatic carbocycles. The van der Waals surface area contributed by atoms with Crippen molar-refractivity contribution in [2.24, 2.45) is 5.73 Å². The smallest absolute Gasteiger partial charge is 0.262 e. The number of carbonyl (C=O) groups excluding carboxylic acids is 2. The Kier molecular flexibility index (Phi) is 3.45. The number of amides is 2. The standard InChI is InChI=1S/C15H13FN2O3/c16-11-8-10(4-3-9(11)2-1-7-17)18-14(19)12-5-6-13(21-12)15(18)20/h3-4,8,12-13H,5-7,17H2. The quantitative estimate of drug-likeness (QED) is 0.605. The molecule has 2 N–H and O–H groups in total. The number of halogens is 1. The second kappa shape index (κ2) is 5.28. The number of benzene rings is 1. The first-order chi connectivity index (χ1) is 10.1. The second-order valence-electron chi connectivity index (χ2n) is 4.87. The molecule has 0 saturated carbocycles. The van der Waals surface area contributed by atoms with Gasteiger partial charge in [-0.15, -0.1) is 0 Å². The molecule has 2 amide bonds. The summed E-state index contributed by atoms with van der Waals surface area (Å²) in [4.78, 5) is 25.4. The molecule has 6 heteroatoms. The van der Waals surface area contributed by atoms with Crippen LogP contribution in [0.2, 0.25) is 0 Å². The Morgan fingerprint density at radius 1 is 1.29 bits per heavy atom. The highest BCUT2D eigenvalue weighted by Gasteiger charge is 2.47. The van der Waals surface area contributed by atoms with Crippen LogP contribution in [-0.2, 0) is 14.3 Å². The number of hydrogen-bond acceptors (Lipinski definition) is 4. The summed E-state index contributed by atoms with van der Waals surface area (Å²) in [7, 11) is 0. The highest BCUT2D eigenvalue weighted by molar-refractivity contribution is 6.19. The number of anilines is 1. The van der Waals surface area contributed by atoms with E-state index in [2.05, 4.69) is 11.8 Å². The van der Waals surface area contributed by atoms with Crippen LogP contribution in [0.3, 0.4) is 0 Å². The number of nitrogens with zero attached hydrogens (tertiary/aromatic N) is 1. The normalized spacial score (nSPS) is 24.0. The summed E-state index contributed by atoms with van der Waals surface area (Å²) < 4.78 is 19.3. The maximum atomic E-state index is 14.0. The maximum absolute atomic E-state index is 14.0. The van der Waals surface area contributed by atoms with Crippen LogP contribution >= 0.6 is 0 Å². The third kappa shape index (κ3) is 2.31. The lowest BCUT2D eigenvalue weighted by Gasteiger charge is -2.29.